The molecule has 2 heterocycles. The van der Waals surface area contributed by atoms with E-state index in [1.165, 1.54) is 24.7 Å². The van der Waals surface area contributed by atoms with Crippen molar-refractivity contribution in [1.29, 1.82) is 0 Å². The summed E-state index contributed by atoms with van der Waals surface area (Å²) in [6.45, 7) is 0.766. The lowest BCUT2D eigenvalue weighted by Crippen LogP contribution is -2.21. The van der Waals surface area contributed by atoms with E-state index in [2.05, 4.69) is 15.0 Å². The third-order valence-corrected chi connectivity index (χ3v) is 3.00. The number of carbonyl (C=O) groups is 2. The SMILES string of the molecule is COC(=O)Cc1csc(NC(=O)C2=COCCO2)n1. The molecule has 0 unspecified atom stereocenters. The zero-order chi connectivity index (χ0) is 13.7. The highest BCUT2D eigenvalue weighted by Gasteiger charge is 2.17. The van der Waals surface area contributed by atoms with Gasteiger partial charge in [-0.1, -0.05) is 0 Å². The predicted octanol–water partition coefficient (Wildman–Crippen LogP) is 0.685. The molecule has 102 valence electrons. The van der Waals surface area contributed by atoms with E-state index in [0.29, 0.717) is 24.0 Å². The van der Waals surface area contributed by atoms with Gasteiger partial charge in [-0.15, -0.1) is 11.3 Å². The van der Waals surface area contributed by atoms with Crippen molar-refractivity contribution in [2.75, 3.05) is 25.6 Å². The first-order valence-corrected chi connectivity index (χ1v) is 6.34. The van der Waals surface area contributed by atoms with E-state index >= 15 is 0 Å². The van der Waals surface area contributed by atoms with E-state index < -0.39 is 5.91 Å². The Morgan fingerprint density at radius 2 is 2.37 bits per heavy atom. The van der Waals surface area contributed by atoms with Crippen LogP contribution in [-0.2, 0) is 30.2 Å². The molecule has 1 N–H and O–H groups in total. The number of rotatable bonds is 4. The van der Waals surface area contributed by atoms with Gasteiger partial charge in [0, 0.05) is 5.38 Å². The van der Waals surface area contributed by atoms with Crippen LogP contribution in [0.1, 0.15) is 5.69 Å². The number of esters is 1. The van der Waals surface area contributed by atoms with Crippen LogP contribution in [0.4, 0.5) is 5.13 Å². The number of nitrogens with one attached hydrogen (secondary N) is 1. The average molecular weight is 284 g/mol. The van der Waals surface area contributed by atoms with Gasteiger partial charge in [0.05, 0.1) is 19.2 Å². The molecule has 0 spiro atoms. The van der Waals surface area contributed by atoms with Gasteiger partial charge in [0.1, 0.15) is 19.5 Å². The number of anilines is 1. The van der Waals surface area contributed by atoms with Crippen molar-refractivity contribution in [3.8, 4) is 0 Å². The molecule has 8 heteroatoms. The molecular weight excluding hydrogens is 272 g/mol. The highest BCUT2D eigenvalue weighted by Crippen LogP contribution is 2.17. The first kappa shape index (κ1) is 13.3. The highest BCUT2D eigenvalue weighted by molar-refractivity contribution is 7.14. The van der Waals surface area contributed by atoms with Gasteiger partial charge in [-0.25, -0.2) is 4.98 Å². The van der Waals surface area contributed by atoms with Gasteiger partial charge in [0.2, 0.25) is 5.76 Å². The van der Waals surface area contributed by atoms with Crippen molar-refractivity contribution >= 4 is 28.3 Å². The zero-order valence-corrected chi connectivity index (χ0v) is 11.0. The van der Waals surface area contributed by atoms with Gasteiger partial charge in [-0.2, -0.15) is 0 Å². The smallest absolute Gasteiger partial charge is 0.311 e. The second-order valence-corrected chi connectivity index (χ2v) is 4.41. The molecule has 1 aliphatic rings. The second kappa shape index (κ2) is 6.19. The number of thiazole rings is 1. The monoisotopic (exact) mass is 284 g/mol. The molecule has 1 aromatic rings. The number of hydrogen-bond donors (Lipinski definition) is 1. The quantitative estimate of drug-likeness (QED) is 0.818. The molecular formula is C11H12N2O5S. The summed E-state index contributed by atoms with van der Waals surface area (Å²) < 4.78 is 14.6. The summed E-state index contributed by atoms with van der Waals surface area (Å²) in [6.07, 6.45) is 1.34. The highest BCUT2D eigenvalue weighted by atomic mass is 32.1. The van der Waals surface area contributed by atoms with Crippen molar-refractivity contribution in [3.05, 3.63) is 23.1 Å². The van der Waals surface area contributed by atoms with Crippen LogP contribution in [0.5, 0.6) is 0 Å². The van der Waals surface area contributed by atoms with E-state index in [9.17, 15) is 9.59 Å². The minimum Gasteiger partial charge on any atom is -0.494 e. The lowest BCUT2D eigenvalue weighted by Gasteiger charge is -2.14. The van der Waals surface area contributed by atoms with Crippen LogP contribution in [0.15, 0.2) is 17.4 Å². The largest absolute Gasteiger partial charge is 0.494 e. The van der Waals surface area contributed by atoms with E-state index in [0.717, 1.165) is 0 Å². The van der Waals surface area contributed by atoms with Gasteiger partial charge in [0.25, 0.3) is 5.91 Å². The number of carbonyl (C=O) groups excluding carboxylic acids is 2. The number of nitrogens with zero attached hydrogens (tertiary/aromatic N) is 1. The number of hydrogen-bond acceptors (Lipinski definition) is 7. The summed E-state index contributed by atoms with van der Waals surface area (Å²) in [7, 11) is 1.31. The second-order valence-electron chi connectivity index (χ2n) is 3.55. The maximum atomic E-state index is 11.7. The summed E-state index contributed by atoms with van der Waals surface area (Å²) in [6, 6.07) is 0. The first-order valence-electron chi connectivity index (χ1n) is 5.46. The van der Waals surface area contributed by atoms with Gasteiger partial charge < -0.3 is 14.2 Å². The number of amides is 1. The predicted molar refractivity (Wildman–Crippen MR) is 66.5 cm³/mol. The van der Waals surface area contributed by atoms with Gasteiger partial charge >= 0.3 is 5.97 Å². The Morgan fingerprint density at radius 1 is 1.53 bits per heavy atom. The van der Waals surface area contributed by atoms with Crippen molar-refractivity contribution < 1.29 is 23.8 Å². The molecule has 0 radical (unpaired) electrons. The fraction of sp³-hybridized carbons (Fsp3) is 0.364. The maximum Gasteiger partial charge on any atom is 0.311 e. The molecule has 7 nitrogen and oxygen atoms in total. The fourth-order valence-corrected chi connectivity index (χ4v) is 2.02. The Labute approximate surface area is 113 Å². The van der Waals surface area contributed by atoms with Crippen LogP contribution < -0.4 is 5.32 Å². The third-order valence-electron chi connectivity index (χ3n) is 2.20. The van der Waals surface area contributed by atoms with Crippen molar-refractivity contribution in [2.45, 2.75) is 6.42 Å². The van der Waals surface area contributed by atoms with E-state index in [1.54, 1.807) is 5.38 Å². The van der Waals surface area contributed by atoms with Crippen LogP contribution in [0.25, 0.3) is 0 Å². The Morgan fingerprint density at radius 3 is 3.05 bits per heavy atom. The van der Waals surface area contributed by atoms with Crippen LogP contribution in [0, 0.1) is 0 Å². The third kappa shape index (κ3) is 3.68. The topological polar surface area (TPSA) is 86.8 Å². The van der Waals surface area contributed by atoms with Crippen molar-refractivity contribution in [3.63, 3.8) is 0 Å². The zero-order valence-electron chi connectivity index (χ0n) is 10.2. The van der Waals surface area contributed by atoms with E-state index in [4.69, 9.17) is 9.47 Å². The molecule has 0 aromatic carbocycles. The van der Waals surface area contributed by atoms with Gasteiger partial charge in [-0.3, -0.25) is 14.9 Å². The summed E-state index contributed by atoms with van der Waals surface area (Å²) in [5.41, 5.74) is 0.543. The van der Waals surface area contributed by atoms with Crippen molar-refractivity contribution in [1.82, 2.24) is 4.98 Å². The van der Waals surface area contributed by atoms with Gasteiger partial charge in [-0.05, 0) is 0 Å². The Kier molecular flexibility index (Phi) is 4.35. The van der Waals surface area contributed by atoms with Crippen LogP contribution in [0.2, 0.25) is 0 Å². The maximum absolute atomic E-state index is 11.7. The van der Waals surface area contributed by atoms with E-state index in [1.807, 2.05) is 0 Å². The molecule has 1 aliphatic heterocycles. The van der Waals surface area contributed by atoms with Crippen LogP contribution in [0.3, 0.4) is 0 Å². The fourth-order valence-electron chi connectivity index (χ4n) is 1.31. The number of aromatic nitrogens is 1. The summed E-state index contributed by atoms with van der Waals surface area (Å²) in [4.78, 5) is 26.9. The Hall–Kier alpha value is -2.09. The van der Waals surface area contributed by atoms with Crippen LogP contribution >= 0.6 is 11.3 Å². The lowest BCUT2D eigenvalue weighted by atomic mass is 10.3. The van der Waals surface area contributed by atoms with Crippen molar-refractivity contribution in [2.24, 2.45) is 0 Å². The number of ether oxygens (including phenoxy) is 3. The molecule has 0 atom stereocenters. The first-order chi connectivity index (χ1) is 9.19. The molecule has 0 aliphatic carbocycles. The number of methoxy groups -OCH3 is 1. The molecule has 2 rings (SSSR count). The molecule has 0 bridgehead atoms. The molecule has 0 saturated carbocycles. The summed E-state index contributed by atoms with van der Waals surface area (Å²) in [5.74, 6) is -0.704. The summed E-state index contributed by atoms with van der Waals surface area (Å²) >= 11 is 1.22. The standard InChI is InChI=1S/C11H12N2O5S/c1-16-9(14)4-7-6-19-11(12-7)13-10(15)8-5-17-2-3-18-8/h5-6H,2-4H2,1H3,(H,12,13,15). The molecule has 0 fully saturated rings. The van der Waals surface area contributed by atoms with Crippen LogP contribution in [-0.4, -0.2) is 37.2 Å². The normalized spacial score (nSPS) is 13.8. The molecule has 0 saturated heterocycles. The average Bonchev–Trinajstić information content (AvgIpc) is 2.86. The van der Waals surface area contributed by atoms with E-state index in [-0.39, 0.29) is 18.1 Å². The summed E-state index contributed by atoms with van der Waals surface area (Å²) in [5, 5.41) is 4.63. The minimum atomic E-state index is -0.432. The lowest BCUT2D eigenvalue weighted by molar-refractivity contribution is -0.139. The Bertz CT molecular complexity index is 511. The molecule has 19 heavy (non-hydrogen) atoms. The molecule has 1 aromatic heterocycles. The molecule has 1 amide bonds. The Balaban J connectivity index is 1.94. The van der Waals surface area contributed by atoms with Gasteiger partial charge in [0.15, 0.2) is 5.13 Å². The minimum absolute atomic E-state index is 0.0746.